The van der Waals surface area contributed by atoms with Gasteiger partial charge in [0.1, 0.15) is 24.0 Å². The van der Waals surface area contributed by atoms with Crippen molar-refractivity contribution in [2.45, 2.75) is 123 Å². The number of carbonyl (C=O) groups excluding carboxylic acids is 3. The first-order valence-corrected chi connectivity index (χ1v) is 28.7. The van der Waals surface area contributed by atoms with Gasteiger partial charge in [-0.2, -0.15) is 30.0 Å². The fourth-order valence-corrected chi connectivity index (χ4v) is 10.7. The average Bonchev–Trinajstić information content (AvgIpc) is 4.57. The van der Waals surface area contributed by atoms with Crippen LogP contribution in [-0.4, -0.2) is 154 Å². The van der Waals surface area contributed by atoms with Gasteiger partial charge in [0.2, 0.25) is 17.6 Å². The number of aromatic nitrogens is 13. The molecule has 3 aromatic carbocycles. The number of likely N-dealkylation sites (tertiary alicyclic amines) is 3. The molecule has 22 heteroatoms. The summed E-state index contributed by atoms with van der Waals surface area (Å²) in [6.45, 7) is 15.8. The van der Waals surface area contributed by atoms with E-state index in [-0.39, 0.29) is 54.2 Å². The van der Waals surface area contributed by atoms with Crippen LogP contribution in [0.15, 0.2) is 153 Å². The van der Waals surface area contributed by atoms with Crippen molar-refractivity contribution in [3.63, 3.8) is 0 Å². The molecule has 3 aliphatic heterocycles. The molecule has 3 saturated heterocycles. The van der Waals surface area contributed by atoms with Gasteiger partial charge in [0.25, 0.3) is 17.7 Å². The third-order valence-corrected chi connectivity index (χ3v) is 15.3. The van der Waals surface area contributed by atoms with Gasteiger partial charge in [-0.1, -0.05) is 30.3 Å². The van der Waals surface area contributed by atoms with E-state index in [2.05, 4.69) is 71.5 Å². The molecule has 0 saturated carbocycles. The predicted molar refractivity (Wildman–Crippen MR) is 316 cm³/mol. The molecular formula is C63H70N16O6. The van der Waals surface area contributed by atoms with Crippen molar-refractivity contribution in [2.75, 3.05) is 19.6 Å². The van der Waals surface area contributed by atoms with E-state index < -0.39 is 0 Å². The number of nitrogens with zero attached hydrogens (tertiary/aromatic N) is 16. The minimum Gasteiger partial charge on any atom is -0.472 e. The van der Waals surface area contributed by atoms with E-state index in [9.17, 15) is 14.4 Å². The number of pyridine rings is 3. The minimum absolute atomic E-state index is 0.0321. The molecule has 3 amide bonds. The number of hydrogen-bond acceptors (Lipinski definition) is 16. The smallest absolute Gasteiger partial charge is 0.256 e. The molecule has 3 fully saturated rings. The van der Waals surface area contributed by atoms with Crippen LogP contribution in [-0.2, 0) is 0 Å². The average molecular weight is 1150 g/mol. The number of piperidine rings is 3. The molecule has 0 radical (unpaired) electrons. The Balaban J connectivity index is 0.000000142. The molecular weight excluding hydrogens is 1080 g/mol. The standard InChI is InChI=1S/C22H25N5O2.C21H23N5O2.C20H22N6O2/c1-15-4-7-19(20(12-15)27-24-10-11-25-27)22(28)26-14-18(6-5-17(26)3)29-21-13-16(2)8-9-23-21;1-15-9-10-22-20(13-15)28-17-8-7-16(2)25(14-17)21(27)18-5-3-4-6-19(18)26-23-11-12-24-26;1-14-9-10-21-19(11-14)28-16-8-7-15(2)25(12-16)20(27)17-5-3-4-6-18(17)26-23-13-22-24-26/h4,7-13,17-18H,5-6,14H2,1-3H3;3-6,9-13,16-17H,7-8,14H2,1-2H3;3-6,9-11,13,15-16H,7-8,12H2,1-2H3/t17-,18-;16-,17-;15-,16-/m111/s1. The largest absolute Gasteiger partial charge is 0.472 e. The predicted octanol–water partition coefficient (Wildman–Crippen LogP) is 8.83. The maximum atomic E-state index is 13.5. The van der Waals surface area contributed by atoms with E-state index in [1.807, 2.05) is 139 Å². The fraction of sp³-hybridized carbons (Fsp3) is 0.349. The Bertz CT molecular complexity index is 3520. The number of aryl methyl sites for hydroxylation is 4. The molecule has 3 aliphatic rings. The van der Waals surface area contributed by atoms with Gasteiger partial charge in [-0.25, -0.2) is 15.0 Å². The lowest BCUT2D eigenvalue weighted by Gasteiger charge is -2.38. The van der Waals surface area contributed by atoms with Gasteiger partial charge in [0, 0.05) is 54.9 Å². The Kier molecular flexibility index (Phi) is 18.6. The highest BCUT2D eigenvalue weighted by molar-refractivity contribution is 5.99. The van der Waals surface area contributed by atoms with Crippen molar-refractivity contribution in [2.24, 2.45) is 0 Å². The number of ether oxygens (including phenoxy) is 3. The van der Waals surface area contributed by atoms with Crippen molar-refractivity contribution in [3.8, 4) is 34.7 Å². The van der Waals surface area contributed by atoms with Gasteiger partial charge in [-0.3, -0.25) is 14.4 Å². The number of rotatable bonds is 12. The maximum absolute atomic E-state index is 13.5. The SMILES string of the molecule is Cc1ccnc(O[C@@H]2CC[C@@H](C)N(C(=O)c3ccc(C)cc3-n3nccn3)C2)c1.Cc1ccnc(O[C@@H]2CC[C@@H](C)N(C(=O)c3ccccc3-n3nccn3)C2)c1.Cc1ccnc(O[C@@H]2CC[C@@H](C)N(C(=O)c3ccccc3-n3ncnn3)C2)c1. The second-order valence-corrected chi connectivity index (χ2v) is 21.8. The third kappa shape index (κ3) is 14.6. The highest BCUT2D eigenvalue weighted by Gasteiger charge is 2.35. The van der Waals surface area contributed by atoms with E-state index >= 15 is 0 Å². The zero-order chi connectivity index (χ0) is 59.4. The molecule has 0 N–H and O–H groups in total. The van der Waals surface area contributed by atoms with Crippen molar-refractivity contribution >= 4 is 17.7 Å². The molecule has 0 unspecified atom stereocenters. The topological polar surface area (TPSA) is 232 Å². The van der Waals surface area contributed by atoms with Gasteiger partial charge in [-0.15, -0.1) is 15.0 Å². The highest BCUT2D eigenvalue weighted by atomic mass is 16.5. The highest BCUT2D eigenvalue weighted by Crippen LogP contribution is 2.29. The molecule has 0 aliphatic carbocycles. The summed E-state index contributed by atoms with van der Waals surface area (Å²) in [7, 11) is 0. The van der Waals surface area contributed by atoms with Gasteiger partial charge in [0.05, 0.1) is 72.5 Å². The van der Waals surface area contributed by atoms with Crippen LogP contribution in [0.1, 0.15) is 113 Å². The van der Waals surface area contributed by atoms with Crippen LogP contribution in [0.2, 0.25) is 0 Å². The number of amides is 3. The quantitative estimate of drug-likeness (QED) is 0.111. The molecule has 9 heterocycles. The molecule has 85 heavy (non-hydrogen) atoms. The Labute approximate surface area is 493 Å². The van der Waals surface area contributed by atoms with Gasteiger partial charge in [0.15, 0.2) is 6.33 Å². The molecule has 6 atom stereocenters. The molecule has 6 aromatic heterocycles. The summed E-state index contributed by atoms with van der Waals surface area (Å²) in [5.41, 5.74) is 8.04. The Morgan fingerprint density at radius 1 is 0.400 bits per heavy atom. The fourth-order valence-electron chi connectivity index (χ4n) is 10.7. The number of tetrazole rings is 1. The Morgan fingerprint density at radius 2 is 0.765 bits per heavy atom. The summed E-state index contributed by atoms with van der Waals surface area (Å²) in [5, 5.41) is 28.5. The van der Waals surface area contributed by atoms with Crippen LogP contribution in [0.4, 0.5) is 0 Å². The monoisotopic (exact) mass is 1150 g/mol. The van der Waals surface area contributed by atoms with Crippen LogP contribution in [0.5, 0.6) is 17.6 Å². The summed E-state index contributed by atoms with van der Waals surface area (Å²) >= 11 is 0. The maximum Gasteiger partial charge on any atom is 0.256 e. The molecule has 438 valence electrons. The normalized spacial score (nSPS) is 19.4. The zero-order valence-electron chi connectivity index (χ0n) is 48.9. The zero-order valence-corrected chi connectivity index (χ0v) is 48.9. The second-order valence-electron chi connectivity index (χ2n) is 21.8. The van der Waals surface area contributed by atoms with Crippen LogP contribution >= 0.6 is 0 Å². The third-order valence-electron chi connectivity index (χ3n) is 15.3. The van der Waals surface area contributed by atoms with Crippen LogP contribution in [0.25, 0.3) is 17.1 Å². The van der Waals surface area contributed by atoms with Gasteiger partial charge in [-0.05, 0) is 169 Å². The summed E-state index contributed by atoms with van der Waals surface area (Å²) in [6.07, 6.45) is 18.0. The molecule has 0 bridgehead atoms. The number of para-hydroxylation sites is 2. The van der Waals surface area contributed by atoms with Crippen molar-refractivity contribution in [1.29, 1.82) is 0 Å². The van der Waals surface area contributed by atoms with Crippen LogP contribution in [0.3, 0.4) is 0 Å². The molecule has 9 aromatic rings. The lowest BCUT2D eigenvalue weighted by atomic mass is 9.99. The summed E-state index contributed by atoms with van der Waals surface area (Å²) < 4.78 is 18.2. The minimum atomic E-state index is -0.0916. The van der Waals surface area contributed by atoms with E-state index in [1.54, 1.807) is 49.4 Å². The van der Waals surface area contributed by atoms with Crippen LogP contribution in [0, 0.1) is 27.7 Å². The summed E-state index contributed by atoms with van der Waals surface area (Å²) in [4.78, 5) is 63.0. The van der Waals surface area contributed by atoms with Crippen molar-refractivity contribution in [3.05, 3.63) is 192 Å². The van der Waals surface area contributed by atoms with Gasteiger partial charge < -0.3 is 28.9 Å². The lowest BCUT2D eigenvalue weighted by Crippen LogP contribution is -2.49. The van der Waals surface area contributed by atoms with E-state index in [0.717, 1.165) is 60.8 Å². The van der Waals surface area contributed by atoms with Crippen molar-refractivity contribution < 1.29 is 28.6 Å². The number of hydrogen-bond donors (Lipinski definition) is 0. The van der Waals surface area contributed by atoms with Gasteiger partial charge >= 0.3 is 0 Å². The van der Waals surface area contributed by atoms with Crippen molar-refractivity contribution in [1.82, 2.24) is 79.8 Å². The molecule has 0 spiro atoms. The first kappa shape index (κ1) is 58.5. The number of carbonyl (C=O) groups is 3. The summed E-state index contributed by atoms with van der Waals surface area (Å²) in [5.74, 6) is 1.67. The summed E-state index contributed by atoms with van der Waals surface area (Å²) in [6, 6.07) is 32.4. The molecule has 22 nitrogen and oxygen atoms in total. The Hall–Kier alpha value is -9.73. The Morgan fingerprint density at radius 3 is 1.15 bits per heavy atom. The first-order valence-electron chi connectivity index (χ1n) is 28.7. The molecule has 12 rings (SSSR count). The van der Waals surface area contributed by atoms with E-state index in [4.69, 9.17) is 14.2 Å². The van der Waals surface area contributed by atoms with E-state index in [0.29, 0.717) is 71.0 Å². The first-order chi connectivity index (χ1) is 41.2. The van der Waals surface area contributed by atoms with E-state index in [1.165, 1.54) is 20.7 Å². The van der Waals surface area contributed by atoms with Crippen LogP contribution < -0.4 is 14.2 Å². The lowest BCUT2D eigenvalue weighted by molar-refractivity contribution is 0.0369. The second kappa shape index (κ2) is 27.1. The number of benzene rings is 3.